The average molecular weight is 431 g/mol. The van der Waals surface area contributed by atoms with Crippen LogP contribution in [0.5, 0.6) is 0 Å². The number of hydrogen-bond acceptors (Lipinski definition) is 5. The SMILES string of the molecule is CCn1c(=O)[nH]c2cc(C(=O)NC3CN(C(=O)OC(C)(C)C)C(C)(C)C3)ccc2c1=O. The van der Waals surface area contributed by atoms with E-state index in [1.807, 2.05) is 34.6 Å². The highest BCUT2D eigenvalue weighted by Crippen LogP contribution is 2.30. The van der Waals surface area contributed by atoms with Gasteiger partial charge in [0.25, 0.3) is 11.5 Å². The van der Waals surface area contributed by atoms with Crippen LogP contribution in [0.1, 0.15) is 58.3 Å². The molecule has 2 amide bonds. The van der Waals surface area contributed by atoms with Crippen LogP contribution in [0.2, 0.25) is 0 Å². The molecule has 1 saturated heterocycles. The maximum atomic E-state index is 12.8. The van der Waals surface area contributed by atoms with Crippen LogP contribution in [-0.2, 0) is 11.3 Å². The monoisotopic (exact) mass is 430 g/mol. The first kappa shape index (κ1) is 22.6. The van der Waals surface area contributed by atoms with Gasteiger partial charge in [-0.25, -0.2) is 9.59 Å². The minimum absolute atomic E-state index is 0.252. The topological polar surface area (TPSA) is 114 Å². The van der Waals surface area contributed by atoms with E-state index in [0.29, 0.717) is 29.4 Å². The minimum Gasteiger partial charge on any atom is -0.444 e. The first-order valence-electron chi connectivity index (χ1n) is 10.4. The number of ether oxygens (including phenoxy) is 1. The Morgan fingerprint density at radius 2 is 1.94 bits per heavy atom. The van der Waals surface area contributed by atoms with Crippen molar-refractivity contribution in [3.63, 3.8) is 0 Å². The summed E-state index contributed by atoms with van der Waals surface area (Å²) in [6.45, 7) is 11.6. The van der Waals surface area contributed by atoms with Crippen LogP contribution in [0.15, 0.2) is 27.8 Å². The first-order chi connectivity index (χ1) is 14.3. The van der Waals surface area contributed by atoms with Crippen molar-refractivity contribution >= 4 is 22.9 Å². The van der Waals surface area contributed by atoms with Crippen molar-refractivity contribution in [2.24, 2.45) is 0 Å². The summed E-state index contributed by atoms with van der Waals surface area (Å²) in [5, 5.41) is 3.29. The lowest BCUT2D eigenvalue weighted by molar-refractivity contribution is 0.0132. The Bertz CT molecular complexity index is 1140. The van der Waals surface area contributed by atoms with Crippen molar-refractivity contribution in [3.05, 3.63) is 44.6 Å². The predicted octanol–water partition coefficient (Wildman–Crippen LogP) is 2.23. The third-order valence-electron chi connectivity index (χ3n) is 5.39. The molecule has 0 bridgehead atoms. The summed E-state index contributed by atoms with van der Waals surface area (Å²) in [6.07, 6.45) is 0.161. The zero-order chi connectivity index (χ0) is 23.1. The Hall–Kier alpha value is -3.10. The highest BCUT2D eigenvalue weighted by Gasteiger charge is 2.43. The van der Waals surface area contributed by atoms with Gasteiger partial charge >= 0.3 is 11.8 Å². The lowest BCUT2D eigenvalue weighted by atomic mass is 10.0. The molecule has 2 aromatic rings. The molecule has 0 aliphatic carbocycles. The van der Waals surface area contributed by atoms with Crippen molar-refractivity contribution in [1.82, 2.24) is 19.8 Å². The Labute approximate surface area is 180 Å². The molecule has 9 nitrogen and oxygen atoms in total. The molecule has 1 aromatic carbocycles. The molecule has 3 rings (SSSR count). The summed E-state index contributed by atoms with van der Waals surface area (Å²) < 4.78 is 6.60. The number of aromatic amines is 1. The molecule has 2 heterocycles. The summed E-state index contributed by atoms with van der Waals surface area (Å²) in [6, 6.07) is 4.35. The molecule has 168 valence electrons. The van der Waals surface area contributed by atoms with Gasteiger partial charge in [0, 0.05) is 30.2 Å². The van der Waals surface area contributed by atoms with Crippen LogP contribution in [0.4, 0.5) is 4.79 Å². The van der Waals surface area contributed by atoms with Crippen molar-refractivity contribution < 1.29 is 14.3 Å². The fraction of sp³-hybridized carbons (Fsp3) is 0.545. The van der Waals surface area contributed by atoms with E-state index in [2.05, 4.69) is 10.3 Å². The summed E-state index contributed by atoms with van der Waals surface area (Å²) in [4.78, 5) is 54.2. The molecular weight excluding hydrogens is 400 g/mol. The zero-order valence-corrected chi connectivity index (χ0v) is 18.9. The Morgan fingerprint density at radius 3 is 2.55 bits per heavy atom. The van der Waals surface area contributed by atoms with Gasteiger partial charge in [0.05, 0.1) is 10.9 Å². The lowest BCUT2D eigenvalue weighted by Crippen LogP contribution is -2.45. The number of aromatic nitrogens is 2. The highest BCUT2D eigenvalue weighted by atomic mass is 16.6. The quantitative estimate of drug-likeness (QED) is 0.775. The number of hydrogen-bond donors (Lipinski definition) is 2. The van der Waals surface area contributed by atoms with Gasteiger partial charge < -0.3 is 19.9 Å². The maximum Gasteiger partial charge on any atom is 0.410 e. The fourth-order valence-electron chi connectivity index (χ4n) is 3.93. The number of rotatable bonds is 3. The van der Waals surface area contributed by atoms with E-state index in [1.165, 1.54) is 6.07 Å². The third kappa shape index (κ3) is 4.65. The summed E-state index contributed by atoms with van der Waals surface area (Å²) in [5.41, 5.74) is -1.34. The normalized spacial score (nSPS) is 18.3. The van der Waals surface area contributed by atoms with Crippen molar-refractivity contribution in [2.45, 2.75) is 71.7 Å². The smallest absolute Gasteiger partial charge is 0.410 e. The fourth-order valence-corrected chi connectivity index (χ4v) is 3.93. The number of nitrogens with one attached hydrogen (secondary N) is 2. The standard InChI is InChI=1S/C22H30N4O5/c1-7-25-18(28)15-9-8-13(10-16(15)24-19(25)29)17(27)23-14-11-22(5,6)26(12-14)20(30)31-21(2,3)4/h8-10,14H,7,11-12H2,1-6H3,(H,23,27)(H,24,29). The number of carbonyl (C=O) groups is 2. The van der Waals surface area contributed by atoms with Crippen molar-refractivity contribution in [1.29, 1.82) is 0 Å². The molecule has 9 heteroatoms. The van der Waals surface area contributed by atoms with Gasteiger partial charge in [-0.2, -0.15) is 0 Å². The van der Waals surface area contributed by atoms with Gasteiger partial charge in [0.15, 0.2) is 0 Å². The molecule has 1 aliphatic rings. The van der Waals surface area contributed by atoms with Crippen molar-refractivity contribution in [3.8, 4) is 0 Å². The van der Waals surface area contributed by atoms with Crippen LogP contribution in [0.3, 0.4) is 0 Å². The molecule has 1 unspecified atom stereocenters. The second kappa shape index (κ2) is 7.86. The molecule has 0 spiro atoms. The van der Waals surface area contributed by atoms with Gasteiger partial charge in [-0.1, -0.05) is 0 Å². The molecule has 1 aromatic heterocycles. The van der Waals surface area contributed by atoms with E-state index < -0.39 is 28.5 Å². The lowest BCUT2D eigenvalue weighted by Gasteiger charge is -2.33. The Balaban J connectivity index is 1.79. The van der Waals surface area contributed by atoms with E-state index in [4.69, 9.17) is 4.74 Å². The van der Waals surface area contributed by atoms with Crippen molar-refractivity contribution in [2.75, 3.05) is 6.54 Å². The number of carbonyl (C=O) groups excluding carboxylic acids is 2. The second-order valence-electron chi connectivity index (χ2n) is 9.52. The largest absolute Gasteiger partial charge is 0.444 e. The number of fused-ring (bicyclic) bond motifs is 1. The Kier molecular flexibility index (Phi) is 5.73. The molecule has 1 atom stereocenters. The third-order valence-corrected chi connectivity index (χ3v) is 5.39. The maximum absolute atomic E-state index is 12.8. The van der Waals surface area contributed by atoms with Crippen LogP contribution in [0, 0.1) is 0 Å². The molecule has 2 N–H and O–H groups in total. The molecule has 1 fully saturated rings. The number of amides is 2. The summed E-state index contributed by atoms with van der Waals surface area (Å²) in [7, 11) is 0. The van der Waals surface area contributed by atoms with E-state index in [1.54, 1.807) is 24.0 Å². The van der Waals surface area contributed by atoms with E-state index in [9.17, 15) is 19.2 Å². The van der Waals surface area contributed by atoms with E-state index >= 15 is 0 Å². The van der Waals surface area contributed by atoms with Crippen LogP contribution in [-0.4, -0.2) is 50.2 Å². The van der Waals surface area contributed by atoms with Gasteiger partial charge in [0.1, 0.15) is 5.60 Å². The van der Waals surface area contributed by atoms with Gasteiger partial charge in [0.2, 0.25) is 0 Å². The van der Waals surface area contributed by atoms with Crippen LogP contribution in [0.25, 0.3) is 10.9 Å². The van der Waals surface area contributed by atoms with E-state index in [-0.39, 0.29) is 18.5 Å². The van der Waals surface area contributed by atoms with Gasteiger partial charge in [-0.3, -0.25) is 14.2 Å². The zero-order valence-electron chi connectivity index (χ0n) is 18.9. The van der Waals surface area contributed by atoms with Crippen LogP contribution < -0.4 is 16.6 Å². The molecule has 1 aliphatic heterocycles. The highest BCUT2D eigenvalue weighted by molar-refractivity contribution is 5.97. The number of H-pyrrole nitrogens is 1. The van der Waals surface area contributed by atoms with Gasteiger partial charge in [-0.05, 0) is 66.2 Å². The molecule has 0 radical (unpaired) electrons. The average Bonchev–Trinajstić information content (AvgIpc) is 2.94. The van der Waals surface area contributed by atoms with Gasteiger partial charge in [-0.15, -0.1) is 0 Å². The molecular formula is C22H30N4O5. The predicted molar refractivity (Wildman–Crippen MR) is 117 cm³/mol. The number of benzene rings is 1. The van der Waals surface area contributed by atoms with E-state index in [0.717, 1.165) is 4.57 Å². The second-order valence-corrected chi connectivity index (χ2v) is 9.52. The number of likely N-dealkylation sites (tertiary alicyclic amines) is 1. The summed E-state index contributed by atoms with van der Waals surface area (Å²) >= 11 is 0. The molecule has 31 heavy (non-hydrogen) atoms. The Morgan fingerprint density at radius 1 is 1.26 bits per heavy atom. The molecule has 0 saturated carbocycles. The van der Waals surface area contributed by atoms with Crippen LogP contribution >= 0.6 is 0 Å². The summed E-state index contributed by atoms with van der Waals surface area (Å²) in [5.74, 6) is -0.339. The number of nitrogens with zero attached hydrogens (tertiary/aromatic N) is 2. The minimum atomic E-state index is -0.604. The first-order valence-corrected chi connectivity index (χ1v) is 10.4.